The molecular formula is C28H26. The number of hydrogen-bond acceptors (Lipinski definition) is 0. The summed E-state index contributed by atoms with van der Waals surface area (Å²) in [5.74, 6) is 0.327. The van der Waals surface area contributed by atoms with Crippen molar-refractivity contribution < 1.29 is 0 Å². The lowest BCUT2D eigenvalue weighted by Gasteiger charge is -2.35. The second-order valence-electron chi connectivity index (χ2n) is 7.64. The molecule has 28 heavy (non-hydrogen) atoms. The topological polar surface area (TPSA) is 0 Å². The minimum Gasteiger partial charge on any atom is -0.0622 e. The minimum atomic E-state index is -0.0845. The summed E-state index contributed by atoms with van der Waals surface area (Å²) in [7, 11) is 0. The molecule has 0 aliphatic heterocycles. The predicted molar refractivity (Wildman–Crippen MR) is 119 cm³/mol. The molecule has 4 aromatic rings. The van der Waals surface area contributed by atoms with Crippen LogP contribution in [-0.4, -0.2) is 0 Å². The van der Waals surface area contributed by atoms with Crippen molar-refractivity contribution in [2.24, 2.45) is 0 Å². The molecule has 0 saturated heterocycles. The van der Waals surface area contributed by atoms with Crippen molar-refractivity contribution in [2.45, 2.75) is 24.7 Å². The van der Waals surface area contributed by atoms with E-state index in [0.29, 0.717) is 5.92 Å². The van der Waals surface area contributed by atoms with Crippen molar-refractivity contribution in [2.75, 3.05) is 0 Å². The van der Waals surface area contributed by atoms with Crippen molar-refractivity contribution in [1.82, 2.24) is 0 Å². The van der Waals surface area contributed by atoms with Gasteiger partial charge in [0.15, 0.2) is 0 Å². The van der Waals surface area contributed by atoms with Crippen LogP contribution in [0.2, 0.25) is 0 Å². The molecule has 0 atom stereocenters. The van der Waals surface area contributed by atoms with Crippen LogP contribution in [0.1, 0.15) is 41.5 Å². The molecule has 0 bridgehead atoms. The molecule has 0 radical (unpaired) electrons. The maximum Gasteiger partial charge on any atom is 0.0183 e. The van der Waals surface area contributed by atoms with Gasteiger partial charge < -0.3 is 0 Å². The van der Waals surface area contributed by atoms with Gasteiger partial charge in [-0.2, -0.15) is 0 Å². The second kappa shape index (κ2) is 8.27. The van der Waals surface area contributed by atoms with Gasteiger partial charge in [-0.25, -0.2) is 0 Å². The summed E-state index contributed by atoms with van der Waals surface area (Å²) in [6.45, 7) is 2.39. The summed E-state index contributed by atoms with van der Waals surface area (Å²) >= 11 is 0. The van der Waals surface area contributed by atoms with Gasteiger partial charge in [-0.1, -0.05) is 128 Å². The first-order valence-electron chi connectivity index (χ1n) is 9.98. The molecule has 4 aromatic carbocycles. The lowest BCUT2D eigenvalue weighted by atomic mass is 9.68. The first kappa shape index (κ1) is 18.3. The zero-order valence-electron chi connectivity index (χ0n) is 16.3. The summed E-state index contributed by atoms with van der Waals surface area (Å²) in [6, 6.07) is 43.7. The van der Waals surface area contributed by atoms with Gasteiger partial charge in [-0.15, -0.1) is 0 Å². The van der Waals surface area contributed by atoms with E-state index in [-0.39, 0.29) is 5.41 Å². The molecule has 138 valence electrons. The van der Waals surface area contributed by atoms with E-state index >= 15 is 0 Å². The molecule has 0 heterocycles. The van der Waals surface area contributed by atoms with E-state index in [1.165, 1.54) is 22.3 Å². The van der Waals surface area contributed by atoms with Gasteiger partial charge in [0.2, 0.25) is 0 Å². The van der Waals surface area contributed by atoms with Crippen molar-refractivity contribution in [3.05, 3.63) is 144 Å². The molecule has 0 aromatic heterocycles. The predicted octanol–water partition coefficient (Wildman–Crippen LogP) is 7.21. The van der Waals surface area contributed by atoms with Crippen LogP contribution >= 0.6 is 0 Å². The molecule has 0 unspecified atom stereocenters. The minimum absolute atomic E-state index is 0.0845. The Morgan fingerprint density at radius 2 is 0.821 bits per heavy atom. The van der Waals surface area contributed by atoms with Crippen LogP contribution < -0.4 is 0 Å². The number of benzene rings is 4. The van der Waals surface area contributed by atoms with Crippen molar-refractivity contribution >= 4 is 0 Å². The zero-order valence-corrected chi connectivity index (χ0v) is 16.3. The Hall–Kier alpha value is -3.12. The fourth-order valence-electron chi connectivity index (χ4n) is 4.22. The fourth-order valence-corrected chi connectivity index (χ4v) is 4.22. The second-order valence-corrected chi connectivity index (χ2v) is 7.64. The normalized spacial score (nSPS) is 11.5. The SMILES string of the molecule is CC(CC(c1ccccc1)c1ccccc1)(c1ccccc1)c1ccccc1. The molecule has 0 nitrogen and oxygen atoms in total. The zero-order chi connectivity index (χ0) is 19.2. The van der Waals surface area contributed by atoms with Crippen LogP contribution in [0.4, 0.5) is 0 Å². The summed E-state index contributed by atoms with van der Waals surface area (Å²) in [5, 5.41) is 0. The lowest BCUT2D eigenvalue weighted by Crippen LogP contribution is -2.27. The summed E-state index contributed by atoms with van der Waals surface area (Å²) in [5.41, 5.74) is 5.37. The van der Waals surface area contributed by atoms with Gasteiger partial charge in [0, 0.05) is 11.3 Å². The Kier molecular flexibility index (Phi) is 5.39. The first-order chi connectivity index (χ1) is 13.8. The lowest BCUT2D eigenvalue weighted by molar-refractivity contribution is 0.485. The summed E-state index contributed by atoms with van der Waals surface area (Å²) in [4.78, 5) is 0. The quantitative estimate of drug-likeness (QED) is 0.340. The number of rotatable bonds is 6. The average Bonchev–Trinajstić information content (AvgIpc) is 2.80. The molecule has 0 aliphatic rings. The Morgan fingerprint density at radius 3 is 1.18 bits per heavy atom. The van der Waals surface area contributed by atoms with E-state index in [9.17, 15) is 0 Å². The largest absolute Gasteiger partial charge is 0.0622 e. The molecule has 0 saturated carbocycles. The van der Waals surface area contributed by atoms with Crippen LogP contribution in [0, 0.1) is 0 Å². The third-order valence-corrected chi connectivity index (χ3v) is 5.84. The summed E-state index contributed by atoms with van der Waals surface area (Å²) < 4.78 is 0. The highest BCUT2D eigenvalue weighted by Crippen LogP contribution is 2.43. The van der Waals surface area contributed by atoms with E-state index in [2.05, 4.69) is 128 Å². The standard InChI is InChI=1S/C28H26/c1-28(25-18-10-4-11-19-25,26-20-12-5-13-21-26)22-27(23-14-6-2-7-15-23)24-16-8-3-9-17-24/h2-21,27H,22H2,1H3. The molecule has 0 amide bonds. The van der Waals surface area contributed by atoms with E-state index in [1.54, 1.807) is 0 Å². The van der Waals surface area contributed by atoms with Gasteiger partial charge in [0.25, 0.3) is 0 Å². The third kappa shape index (κ3) is 3.77. The van der Waals surface area contributed by atoms with Crippen LogP contribution in [0.25, 0.3) is 0 Å². The fraction of sp³-hybridized carbons (Fsp3) is 0.143. The number of hydrogen-bond donors (Lipinski definition) is 0. The van der Waals surface area contributed by atoms with Crippen molar-refractivity contribution in [3.8, 4) is 0 Å². The smallest absolute Gasteiger partial charge is 0.0183 e. The Bertz CT molecular complexity index is 894. The van der Waals surface area contributed by atoms with Crippen molar-refractivity contribution in [3.63, 3.8) is 0 Å². The van der Waals surface area contributed by atoms with E-state index in [4.69, 9.17) is 0 Å². The van der Waals surface area contributed by atoms with E-state index in [1.807, 2.05) is 0 Å². The van der Waals surface area contributed by atoms with E-state index < -0.39 is 0 Å². The maximum atomic E-state index is 2.39. The Labute approximate surface area is 168 Å². The van der Waals surface area contributed by atoms with Gasteiger partial charge in [-0.05, 0) is 28.7 Å². The van der Waals surface area contributed by atoms with E-state index in [0.717, 1.165) is 6.42 Å². The molecule has 0 fully saturated rings. The van der Waals surface area contributed by atoms with Crippen molar-refractivity contribution in [1.29, 1.82) is 0 Å². The highest BCUT2D eigenvalue weighted by molar-refractivity contribution is 5.42. The molecule has 0 spiro atoms. The maximum absolute atomic E-state index is 2.39. The third-order valence-electron chi connectivity index (χ3n) is 5.84. The summed E-state index contributed by atoms with van der Waals surface area (Å²) in [6.07, 6.45) is 1.01. The van der Waals surface area contributed by atoms with Crippen LogP contribution in [-0.2, 0) is 5.41 Å². The van der Waals surface area contributed by atoms with Gasteiger partial charge in [0.1, 0.15) is 0 Å². The molecule has 0 N–H and O–H groups in total. The Morgan fingerprint density at radius 1 is 0.500 bits per heavy atom. The van der Waals surface area contributed by atoms with Gasteiger partial charge in [-0.3, -0.25) is 0 Å². The highest BCUT2D eigenvalue weighted by atomic mass is 14.4. The van der Waals surface area contributed by atoms with Gasteiger partial charge >= 0.3 is 0 Å². The first-order valence-corrected chi connectivity index (χ1v) is 9.98. The Balaban J connectivity index is 1.84. The van der Waals surface area contributed by atoms with Gasteiger partial charge in [0.05, 0.1) is 0 Å². The van der Waals surface area contributed by atoms with Crippen LogP contribution in [0.5, 0.6) is 0 Å². The molecule has 4 rings (SSSR count). The monoisotopic (exact) mass is 362 g/mol. The average molecular weight is 363 g/mol. The van der Waals surface area contributed by atoms with Crippen LogP contribution in [0.3, 0.4) is 0 Å². The molecule has 0 aliphatic carbocycles. The highest BCUT2D eigenvalue weighted by Gasteiger charge is 2.33. The van der Waals surface area contributed by atoms with Crippen LogP contribution in [0.15, 0.2) is 121 Å². The molecule has 0 heteroatoms. The molecular weight excluding hydrogens is 336 g/mol.